The van der Waals surface area contributed by atoms with Crippen molar-refractivity contribution in [1.82, 2.24) is 0 Å². The SMILES string of the molecule is CC1(C)CC(OC(=O)C(F)(F)Br)CC(C)(C)O1. The van der Waals surface area contributed by atoms with E-state index in [2.05, 4.69) is 0 Å². The van der Waals surface area contributed by atoms with Crippen molar-refractivity contribution in [3.63, 3.8) is 0 Å². The van der Waals surface area contributed by atoms with Gasteiger partial charge in [-0.15, -0.1) is 0 Å². The van der Waals surface area contributed by atoms with E-state index in [1.165, 1.54) is 0 Å². The molecule has 0 aromatic carbocycles. The van der Waals surface area contributed by atoms with E-state index in [1.54, 1.807) is 0 Å². The van der Waals surface area contributed by atoms with Gasteiger partial charge in [0.1, 0.15) is 6.10 Å². The fraction of sp³-hybridized carbons (Fsp3) is 0.909. The highest BCUT2D eigenvalue weighted by atomic mass is 79.9. The van der Waals surface area contributed by atoms with Crippen LogP contribution in [0.3, 0.4) is 0 Å². The molecule has 1 saturated heterocycles. The molecule has 1 heterocycles. The van der Waals surface area contributed by atoms with Gasteiger partial charge >= 0.3 is 10.8 Å². The molecule has 1 rings (SSSR count). The van der Waals surface area contributed by atoms with Crippen molar-refractivity contribution in [3.05, 3.63) is 0 Å². The molecule has 0 amide bonds. The van der Waals surface area contributed by atoms with Gasteiger partial charge in [-0.1, -0.05) is 0 Å². The monoisotopic (exact) mass is 314 g/mol. The highest BCUT2D eigenvalue weighted by Crippen LogP contribution is 2.37. The Labute approximate surface area is 108 Å². The Hall–Kier alpha value is -0.230. The van der Waals surface area contributed by atoms with Crippen molar-refractivity contribution < 1.29 is 23.0 Å². The molecule has 1 aliphatic rings. The molecule has 0 N–H and O–H groups in total. The smallest absolute Gasteiger partial charge is 0.396 e. The highest BCUT2D eigenvalue weighted by Gasteiger charge is 2.44. The molecule has 1 fully saturated rings. The predicted molar refractivity (Wildman–Crippen MR) is 62.2 cm³/mol. The Kier molecular flexibility index (Phi) is 3.89. The summed E-state index contributed by atoms with van der Waals surface area (Å²) >= 11 is 1.99. The molecule has 0 bridgehead atoms. The molecule has 100 valence electrons. The van der Waals surface area contributed by atoms with Crippen LogP contribution in [0.25, 0.3) is 0 Å². The summed E-state index contributed by atoms with van der Waals surface area (Å²) in [5.41, 5.74) is -0.984. The van der Waals surface area contributed by atoms with Crippen LogP contribution in [0, 0.1) is 0 Å². The quantitative estimate of drug-likeness (QED) is 0.580. The van der Waals surface area contributed by atoms with Crippen molar-refractivity contribution in [2.45, 2.75) is 62.7 Å². The van der Waals surface area contributed by atoms with Crippen molar-refractivity contribution in [2.75, 3.05) is 0 Å². The first-order chi connectivity index (χ1) is 7.41. The van der Waals surface area contributed by atoms with Gasteiger partial charge in [0.2, 0.25) is 0 Å². The lowest BCUT2D eigenvalue weighted by Gasteiger charge is -2.44. The summed E-state index contributed by atoms with van der Waals surface area (Å²) in [6.45, 7) is 7.39. The van der Waals surface area contributed by atoms with Crippen molar-refractivity contribution in [3.8, 4) is 0 Å². The molecule has 0 spiro atoms. The zero-order valence-electron chi connectivity index (χ0n) is 10.4. The van der Waals surface area contributed by atoms with Crippen LogP contribution < -0.4 is 0 Å². The van der Waals surface area contributed by atoms with E-state index < -0.39 is 28.1 Å². The van der Waals surface area contributed by atoms with E-state index in [0.717, 1.165) is 0 Å². The minimum absolute atomic E-state index is 0.408. The van der Waals surface area contributed by atoms with E-state index >= 15 is 0 Å². The van der Waals surface area contributed by atoms with Gasteiger partial charge in [-0.05, 0) is 27.7 Å². The maximum Gasteiger partial charge on any atom is 0.396 e. The Morgan fingerprint density at radius 1 is 1.29 bits per heavy atom. The summed E-state index contributed by atoms with van der Waals surface area (Å²) in [5, 5.41) is 0. The molecule has 3 nitrogen and oxygen atoms in total. The number of carbonyl (C=O) groups is 1. The molecule has 0 aliphatic carbocycles. The van der Waals surface area contributed by atoms with E-state index in [0.29, 0.717) is 12.8 Å². The normalized spacial score (nSPS) is 24.4. The van der Waals surface area contributed by atoms with Crippen LogP contribution in [-0.2, 0) is 14.3 Å². The molecule has 0 atom stereocenters. The first-order valence-corrected chi connectivity index (χ1v) is 6.19. The van der Waals surface area contributed by atoms with Crippen LogP contribution in [0.4, 0.5) is 8.78 Å². The number of alkyl halides is 3. The molecule has 0 saturated carbocycles. The third kappa shape index (κ3) is 4.50. The molecule has 0 aromatic rings. The van der Waals surface area contributed by atoms with Gasteiger partial charge in [-0.25, -0.2) is 4.79 Å². The third-order valence-electron chi connectivity index (χ3n) is 2.50. The molecule has 0 radical (unpaired) electrons. The second-order valence-electron chi connectivity index (χ2n) is 5.55. The Morgan fingerprint density at radius 2 is 1.71 bits per heavy atom. The number of halogens is 3. The first kappa shape index (κ1) is 14.8. The van der Waals surface area contributed by atoms with Gasteiger partial charge in [-0.2, -0.15) is 8.78 Å². The number of hydrogen-bond acceptors (Lipinski definition) is 3. The van der Waals surface area contributed by atoms with Crippen LogP contribution >= 0.6 is 15.9 Å². The highest BCUT2D eigenvalue weighted by molar-refractivity contribution is 9.10. The van der Waals surface area contributed by atoms with Crippen molar-refractivity contribution in [1.29, 1.82) is 0 Å². The molecule has 0 unspecified atom stereocenters. The van der Waals surface area contributed by atoms with E-state index in [-0.39, 0.29) is 0 Å². The molecule has 0 aromatic heterocycles. The van der Waals surface area contributed by atoms with Crippen LogP contribution in [-0.4, -0.2) is 28.1 Å². The van der Waals surface area contributed by atoms with E-state index in [1.807, 2.05) is 43.6 Å². The summed E-state index contributed by atoms with van der Waals surface area (Å²) in [7, 11) is 0. The average Bonchev–Trinajstić information content (AvgIpc) is 1.94. The maximum atomic E-state index is 12.7. The van der Waals surface area contributed by atoms with Gasteiger partial charge in [0.15, 0.2) is 0 Å². The van der Waals surface area contributed by atoms with Gasteiger partial charge in [0.25, 0.3) is 0 Å². The summed E-state index contributed by atoms with van der Waals surface area (Å²) in [4.78, 5) is 7.47. The largest absolute Gasteiger partial charge is 0.457 e. The lowest BCUT2D eigenvalue weighted by atomic mass is 9.87. The second kappa shape index (κ2) is 4.46. The number of carbonyl (C=O) groups excluding carboxylic acids is 1. The van der Waals surface area contributed by atoms with Gasteiger partial charge in [0, 0.05) is 28.8 Å². The second-order valence-corrected chi connectivity index (χ2v) is 6.55. The Morgan fingerprint density at radius 3 is 2.06 bits per heavy atom. The van der Waals surface area contributed by atoms with Crippen LogP contribution in [0.2, 0.25) is 0 Å². The Balaban J connectivity index is 2.70. The van der Waals surface area contributed by atoms with Crippen LogP contribution in [0.5, 0.6) is 0 Å². The zero-order chi connectivity index (χ0) is 13.5. The van der Waals surface area contributed by atoms with Gasteiger partial charge in [-0.3, -0.25) is 0 Å². The summed E-state index contributed by atoms with van der Waals surface area (Å²) in [6, 6.07) is 0. The molecule has 6 heteroatoms. The third-order valence-corrected chi connectivity index (χ3v) is 2.82. The predicted octanol–water partition coefficient (Wildman–Crippen LogP) is 3.25. The number of hydrogen-bond donors (Lipinski definition) is 0. The van der Waals surface area contributed by atoms with Crippen LogP contribution in [0.1, 0.15) is 40.5 Å². The minimum Gasteiger partial charge on any atom is -0.457 e. The van der Waals surface area contributed by atoms with Gasteiger partial charge < -0.3 is 9.47 Å². The summed E-state index contributed by atoms with van der Waals surface area (Å²) in [5.74, 6) is -1.55. The van der Waals surface area contributed by atoms with Crippen molar-refractivity contribution >= 4 is 21.9 Å². The first-order valence-electron chi connectivity index (χ1n) is 5.39. The minimum atomic E-state index is -3.63. The van der Waals surface area contributed by atoms with Crippen LogP contribution in [0.15, 0.2) is 0 Å². The lowest BCUT2D eigenvalue weighted by molar-refractivity contribution is -0.206. The number of ether oxygens (including phenoxy) is 2. The molecule has 17 heavy (non-hydrogen) atoms. The number of rotatable bonds is 2. The zero-order valence-corrected chi connectivity index (χ0v) is 11.9. The van der Waals surface area contributed by atoms with Gasteiger partial charge in [0.05, 0.1) is 11.2 Å². The fourth-order valence-electron chi connectivity index (χ4n) is 2.30. The summed E-state index contributed by atoms with van der Waals surface area (Å²) < 4.78 is 35.9. The lowest BCUT2D eigenvalue weighted by Crippen LogP contribution is -2.49. The molecule has 1 aliphatic heterocycles. The molecular formula is C11H17BrF2O3. The van der Waals surface area contributed by atoms with E-state index in [9.17, 15) is 13.6 Å². The molecular weight excluding hydrogens is 298 g/mol. The maximum absolute atomic E-state index is 12.7. The average molecular weight is 315 g/mol. The van der Waals surface area contributed by atoms with Crippen molar-refractivity contribution in [2.24, 2.45) is 0 Å². The standard InChI is InChI=1S/C11H17BrF2O3/c1-9(2)5-7(6-10(3,4)17-9)16-8(15)11(12,13)14/h7H,5-6H2,1-4H3. The summed E-state index contributed by atoms with van der Waals surface area (Å²) in [6.07, 6.45) is 0.265. The van der Waals surface area contributed by atoms with E-state index in [4.69, 9.17) is 9.47 Å². The number of esters is 1. The Bertz CT molecular complexity index is 294. The topological polar surface area (TPSA) is 35.5 Å². The fourth-order valence-corrected chi connectivity index (χ4v) is 2.40.